The minimum atomic E-state index is 0.454. The molecule has 1 aromatic rings. The van der Waals surface area contributed by atoms with Gasteiger partial charge in [0.25, 0.3) is 0 Å². The van der Waals surface area contributed by atoms with Gasteiger partial charge in [-0.15, -0.1) is 0 Å². The molecule has 1 saturated carbocycles. The number of ether oxygens (including phenoxy) is 1. The predicted octanol–water partition coefficient (Wildman–Crippen LogP) is 2.89. The highest BCUT2D eigenvalue weighted by Gasteiger charge is 2.26. The molecule has 2 aliphatic carbocycles. The summed E-state index contributed by atoms with van der Waals surface area (Å²) in [6, 6.07) is 0.628. The highest BCUT2D eigenvalue weighted by Crippen LogP contribution is 2.33. The summed E-state index contributed by atoms with van der Waals surface area (Å²) < 4.78 is 7.99. The molecule has 1 heterocycles. The fourth-order valence-corrected chi connectivity index (χ4v) is 3.39. The van der Waals surface area contributed by atoms with Crippen molar-refractivity contribution in [1.82, 2.24) is 9.55 Å². The lowest BCUT2D eigenvalue weighted by atomic mass is 9.91. The van der Waals surface area contributed by atoms with E-state index in [-0.39, 0.29) is 0 Å². The third-order valence-corrected chi connectivity index (χ3v) is 4.39. The molecule has 0 spiro atoms. The van der Waals surface area contributed by atoms with Gasteiger partial charge in [-0.2, -0.15) is 0 Å². The smallest absolute Gasteiger partial charge is 0.0954 e. The van der Waals surface area contributed by atoms with Crippen LogP contribution in [-0.4, -0.2) is 22.8 Å². The largest absolute Gasteiger partial charge is 0.381 e. The van der Waals surface area contributed by atoms with Gasteiger partial charge >= 0.3 is 0 Å². The number of fused-ring (bicyclic) bond motifs is 1. The molecule has 0 bridgehead atoms. The monoisotopic (exact) mass is 234 g/mol. The topological polar surface area (TPSA) is 27.1 Å². The van der Waals surface area contributed by atoms with Crippen molar-refractivity contribution in [3.63, 3.8) is 0 Å². The molecule has 0 radical (unpaired) electrons. The fourth-order valence-electron chi connectivity index (χ4n) is 3.39. The summed E-state index contributed by atoms with van der Waals surface area (Å²) in [5, 5.41) is 0. The first kappa shape index (κ1) is 11.3. The van der Waals surface area contributed by atoms with Crippen molar-refractivity contribution in [1.29, 1.82) is 0 Å². The summed E-state index contributed by atoms with van der Waals surface area (Å²) in [7, 11) is 1.84. The van der Waals surface area contributed by atoms with Crippen LogP contribution >= 0.6 is 0 Å². The number of aryl methyl sites for hydroxylation is 1. The average molecular weight is 234 g/mol. The zero-order chi connectivity index (χ0) is 11.7. The van der Waals surface area contributed by atoms with Crippen LogP contribution in [0.3, 0.4) is 0 Å². The Kier molecular flexibility index (Phi) is 3.19. The Labute approximate surface area is 103 Å². The lowest BCUT2D eigenvalue weighted by Gasteiger charge is -2.30. The Morgan fingerprint density at radius 2 is 2.12 bits per heavy atom. The Balaban J connectivity index is 1.81. The van der Waals surface area contributed by atoms with E-state index in [4.69, 9.17) is 4.74 Å². The third-order valence-electron chi connectivity index (χ3n) is 4.39. The molecule has 3 nitrogen and oxygen atoms in total. The van der Waals surface area contributed by atoms with Gasteiger partial charge in [0.15, 0.2) is 0 Å². The molecule has 0 N–H and O–H groups in total. The SMILES string of the molecule is COC1CCCC(n2cnc3c2CCCC3)C1. The molecule has 0 aliphatic heterocycles. The van der Waals surface area contributed by atoms with E-state index in [1.54, 1.807) is 0 Å². The number of hydrogen-bond donors (Lipinski definition) is 0. The summed E-state index contributed by atoms with van der Waals surface area (Å²) in [6.07, 6.45) is 12.6. The normalized spacial score (nSPS) is 29.0. The van der Waals surface area contributed by atoms with E-state index in [1.807, 2.05) is 7.11 Å². The number of imidazole rings is 1. The minimum absolute atomic E-state index is 0.454. The van der Waals surface area contributed by atoms with E-state index in [9.17, 15) is 0 Å². The molecule has 3 rings (SSSR count). The minimum Gasteiger partial charge on any atom is -0.381 e. The maximum atomic E-state index is 5.53. The van der Waals surface area contributed by atoms with Crippen molar-refractivity contribution >= 4 is 0 Å². The molecule has 0 aromatic carbocycles. The van der Waals surface area contributed by atoms with Gasteiger partial charge in [-0.05, 0) is 51.4 Å². The molecule has 3 heteroatoms. The van der Waals surface area contributed by atoms with Gasteiger partial charge in [-0.25, -0.2) is 4.98 Å². The molecule has 0 saturated heterocycles. The van der Waals surface area contributed by atoms with E-state index in [0.29, 0.717) is 12.1 Å². The van der Waals surface area contributed by atoms with Crippen LogP contribution in [0.1, 0.15) is 56.0 Å². The predicted molar refractivity (Wildman–Crippen MR) is 67.2 cm³/mol. The second-order valence-electron chi connectivity index (χ2n) is 5.43. The lowest BCUT2D eigenvalue weighted by Crippen LogP contribution is -2.25. The number of aromatic nitrogens is 2. The van der Waals surface area contributed by atoms with Crippen LogP contribution in [-0.2, 0) is 17.6 Å². The van der Waals surface area contributed by atoms with Gasteiger partial charge in [0.1, 0.15) is 0 Å². The number of nitrogens with zero attached hydrogens (tertiary/aromatic N) is 2. The molecule has 1 fully saturated rings. The van der Waals surface area contributed by atoms with Crippen molar-refractivity contribution in [2.75, 3.05) is 7.11 Å². The van der Waals surface area contributed by atoms with Crippen LogP contribution in [0, 0.1) is 0 Å². The highest BCUT2D eigenvalue weighted by molar-refractivity contribution is 5.17. The van der Waals surface area contributed by atoms with E-state index < -0.39 is 0 Å². The van der Waals surface area contributed by atoms with Crippen LogP contribution in [0.25, 0.3) is 0 Å². The van der Waals surface area contributed by atoms with Gasteiger partial charge in [0.05, 0.1) is 18.1 Å². The third kappa shape index (κ3) is 2.13. The summed E-state index contributed by atoms with van der Waals surface area (Å²) in [5.74, 6) is 0. The number of hydrogen-bond acceptors (Lipinski definition) is 2. The maximum Gasteiger partial charge on any atom is 0.0954 e. The number of methoxy groups -OCH3 is 1. The molecular formula is C14H22N2O. The van der Waals surface area contributed by atoms with E-state index in [0.717, 1.165) is 0 Å². The van der Waals surface area contributed by atoms with E-state index in [2.05, 4.69) is 15.9 Å². The van der Waals surface area contributed by atoms with Gasteiger partial charge < -0.3 is 9.30 Å². The Hall–Kier alpha value is -0.830. The van der Waals surface area contributed by atoms with Crippen LogP contribution in [0.5, 0.6) is 0 Å². The standard InChI is InChI=1S/C14H22N2O/c1-17-12-6-4-5-11(9-12)16-10-15-13-7-2-3-8-14(13)16/h10-12H,2-9H2,1H3. The zero-order valence-corrected chi connectivity index (χ0v) is 10.7. The van der Waals surface area contributed by atoms with Gasteiger partial charge in [-0.3, -0.25) is 0 Å². The van der Waals surface area contributed by atoms with Crippen LogP contribution in [0.4, 0.5) is 0 Å². The zero-order valence-electron chi connectivity index (χ0n) is 10.7. The first-order valence-electron chi connectivity index (χ1n) is 6.96. The summed E-state index contributed by atoms with van der Waals surface area (Å²) in [4.78, 5) is 4.60. The van der Waals surface area contributed by atoms with Crippen molar-refractivity contribution in [2.24, 2.45) is 0 Å². The molecule has 2 aliphatic rings. The summed E-state index contributed by atoms with van der Waals surface area (Å²) >= 11 is 0. The lowest BCUT2D eigenvalue weighted by molar-refractivity contribution is 0.0525. The maximum absolute atomic E-state index is 5.53. The molecule has 17 heavy (non-hydrogen) atoms. The van der Waals surface area contributed by atoms with Crippen molar-refractivity contribution in [2.45, 2.75) is 63.5 Å². The average Bonchev–Trinajstić information content (AvgIpc) is 2.82. The van der Waals surface area contributed by atoms with Crippen LogP contribution in [0.2, 0.25) is 0 Å². The Morgan fingerprint density at radius 3 is 3.00 bits per heavy atom. The van der Waals surface area contributed by atoms with E-state index >= 15 is 0 Å². The molecule has 94 valence electrons. The summed E-state index contributed by atoms with van der Waals surface area (Å²) in [6.45, 7) is 0. The van der Waals surface area contributed by atoms with E-state index in [1.165, 1.54) is 62.8 Å². The first-order chi connectivity index (χ1) is 8.38. The molecule has 1 aromatic heterocycles. The van der Waals surface area contributed by atoms with Gasteiger partial charge in [-0.1, -0.05) is 0 Å². The van der Waals surface area contributed by atoms with Gasteiger partial charge in [0, 0.05) is 18.8 Å². The van der Waals surface area contributed by atoms with Crippen LogP contribution < -0.4 is 0 Å². The molecule has 2 unspecified atom stereocenters. The quantitative estimate of drug-likeness (QED) is 0.786. The Bertz CT molecular complexity index is 386. The van der Waals surface area contributed by atoms with Crippen molar-refractivity contribution < 1.29 is 4.74 Å². The molecule has 0 amide bonds. The first-order valence-corrected chi connectivity index (χ1v) is 6.96. The number of rotatable bonds is 2. The van der Waals surface area contributed by atoms with Crippen molar-refractivity contribution in [3.05, 3.63) is 17.7 Å². The molecular weight excluding hydrogens is 212 g/mol. The highest BCUT2D eigenvalue weighted by atomic mass is 16.5. The van der Waals surface area contributed by atoms with Crippen LogP contribution in [0.15, 0.2) is 6.33 Å². The Morgan fingerprint density at radius 1 is 1.24 bits per heavy atom. The second-order valence-corrected chi connectivity index (χ2v) is 5.43. The fraction of sp³-hybridized carbons (Fsp3) is 0.786. The van der Waals surface area contributed by atoms with Crippen molar-refractivity contribution in [3.8, 4) is 0 Å². The van der Waals surface area contributed by atoms with Gasteiger partial charge in [0.2, 0.25) is 0 Å². The second kappa shape index (κ2) is 4.81. The summed E-state index contributed by atoms with van der Waals surface area (Å²) in [5.41, 5.74) is 2.87. The molecule has 2 atom stereocenters.